The third-order valence-corrected chi connectivity index (χ3v) is 3.18. The molecule has 0 unspecified atom stereocenters. The molecule has 104 valence electrons. The largest absolute Gasteiger partial charge is 0.0985 e. The molecule has 0 nitrogen and oxygen atoms in total. The summed E-state index contributed by atoms with van der Waals surface area (Å²) in [5.74, 6) is 6.30. The maximum absolute atomic E-state index is 3.18. The summed E-state index contributed by atoms with van der Waals surface area (Å²) in [4.78, 5) is 0. The fraction of sp³-hybridized carbons (Fsp3) is 0.778. The van der Waals surface area contributed by atoms with Crippen LogP contribution in [0.5, 0.6) is 0 Å². The maximum atomic E-state index is 3.18. The SMILES string of the molecule is CCCCC#C/C=C/CCCCCCCCCC. The van der Waals surface area contributed by atoms with Gasteiger partial charge in [-0.3, -0.25) is 0 Å². The minimum Gasteiger partial charge on any atom is -0.0985 e. The van der Waals surface area contributed by atoms with E-state index in [-0.39, 0.29) is 0 Å². The zero-order chi connectivity index (χ0) is 13.3. The topological polar surface area (TPSA) is 0 Å². The number of unbranched alkanes of at least 4 members (excludes halogenated alkanes) is 10. The van der Waals surface area contributed by atoms with Crippen LogP contribution in [0.4, 0.5) is 0 Å². The molecular weight excluding hydrogens is 216 g/mol. The molecule has 0 N–H and O–H groups in total. The molecule has 0 aromatic carbocycles. The quantitative estimate of drug-likeness (QED) is 0.299. The lowest BCUT2D eigenvalue weighted by Gasteiger charge is -1.99. The highest BCUT2D eigenvalue weighted by Gasteiger charge is 1.89. The molecule has 0 aromatic heterocycles. The Morgan fingerprint density at radius 2 is 1.33 bits per heavy atom. The summed E-state index contributed by atoms with van der Waals surface area (Å²) in [7, 11) is 0. The highest BCUT2D eigenvalue weighted by atomic mass is 14.0. The number of hydrogen-bond acceptors (Lipinski definition) is 0. The molecule has 0 rings (SSSR count). The van der Waals surface area contributed by atoms with E-state index in [0.717, 1.165) is 6.42 Å². The first-order valence-electron chi connectivity index (χ1n) is 8.05. The highest BCUT2D eigenvalue weighted by Crippen LogP contribution is 2.09. The molecule has 0 aliphatic heterocycles. The van der Waals surface area contributed by atoms with Crippen LogP contribution in [0.1, 0.15) is 90.9 Å². The van der Waals surface area contributed by atoms with Crippen LogP contribution in [-0.2, 0) is 0 Å². The lowest BCUT2D eigenvalue weighted by Crippen LogP contribution is -1.79. The van der Waals surface area contributed by atoms with Crippen molar-refractivity contribution in [3.05, 3.63) is 12.2 Å². The normalized spacial score (nSPS) is 10.6. The lowest BCUT2D eigenvalue weighted by molar-refractivity contribution is 0.577. The third-order valence-electron chi connectivity index (χ3n) is 3.18. The average Bonchev–Trinajstić information content (AvgIpc) is 2.39. The van der Waals surface area contributed by atoms with Crippen molar-refractivity contribution >= 4 is 0 Å². The van der Waals surface area contributed by atoms with Crippen LogP contribution in [0, 0.1) is 11.8 Å². The van der Waals surface area contributed by atoms with Crippen molar-refractivity contribution in [1.82, 2.24) is 0 Å². The van der Waals surface area contributed by atoms with Gasteiger partial charge in [0, 0.05) is 6.42 Å². The second kappa shape index (κ2) is 16.3. The van der Waals surface area contributed by atoms with Crippen molar-refractivity contribution in [3.63, 3.8) is 0 Å². The second-order valence-electron chi connectivity index (χ2n) is 5.09. The Hall–Kier alpha value is -0.700. The molecular formula is C18H32. The Morgan fingerprint density at radius 3 is 2.00 bits per heavy atom. The Kier molecular flexibility index (Phi) is 15.7. The van der Waals surface area contributed by atoms with Crippen LogP contribution in [-0.4, -0.2) is 0 Å². The zero-order valence-corrected chi connectivity index (χ0v) is 12.6. The van der Waals surface area contributed by atoms with E-state index in [4.69, 9.17) is 0 Å². The van der Waals surface area contributed by atoms with Gasteiger partial charge in [0.1, 0.15) is 0 Å². The van der Waals surface area contributed by atoms with E-state index in [1.165, 1.54) is 70.6 Å². The zero-order valence-electron chi connectivity index (χ0n) is 12.6. The summed E-state index contributed by atoms with van der Waals surface area (Å²) in [6.45, 7) is 4.48. The fourth-order valence-corrected chi connectivity index (χ4v) is 1.93. The highest BCUT2D eigenvalue weighted by molar-refractivity contribution is 5.14. The van der Waals surface area contributed by atoms with E-state index in [9.17, 15) is 0 Å². The van der Waals surface area contributed by atoms with E-state index in [1.54, 1.807) is 0 Å². The van der Waals surface area contributed by atoms with Gasteiger partial charge in [-0.25, -0.2) is 0 Å². The standard InChI is InChI=1S/C18H32/c1-3-5-7-9-11-13-15-17-18-16-14-12-10-8-6-4-2/h14,16H,3-9,11,13,15,17-18H2,1-2H3/b16-14+. The summed E-state index contributed by atoms with van der Waals surface area (Å²) >= 11 is 0. The van der Waals surface area contributed by atoms with Crippen LogP contribution in [0.15, 0.2) is 12.2 Å². The van der Waals surface area contributed by atoms with Gasteiger partial charge in [-0.2, -0.15) is 0 Å². The van der Waals surface area contributed by atoms with Gasteiger partial charge in [-0.1, -0.05) is 83.1 Å². The Bertz CT molecular complexity index is 226. The third kappa shape index (κ3) is 15.3. The molecule has 0 bridgehead atoms. The Morgan fingerprint density at radius 1 is 0.722 bits per heavy atom. The van der Waals surface area contributed by atoms with Crippen molar-refractivity contribution in [1.29, 1.82) is 0 Å². The van der Waals surface area contributed by atoms with Crippen LogP contribution < -0.4 is 0 Å². The molecule has 0 aromatic rings. The smallest absolute Gasteiger partial charge is 0.00921 e. The number of rotatable bonds is 11. The van der Waals surface area contributed by atoms with Gasteiger partial charge >= 0.3 is 0 Å². The minimum absolute atomic E-state index is 1.05. The van der Waals surface area contributed by atoms with E-state index >= 15 is 0 Å². The first-order valence-corrected chi connectivity index (χ1v) is 8.05. The van der Waals surface area contributed by atoms with Crippen molar-refractivity contribution in [3.8, 4) is 11.8 Å². The van der Waals surface area contributed by atoms with Crippen LogP contribution in [0.2, 0.25) is 0 Å². The van der Waals surface area contributed by atoms with Crippen molar-refractivity contribution in [2.24, 2.45) is 0 Å². The summed E-state index contributed by atoms with van der Waals surface area (Å²) in [6, 6.07) is 0. The molecule has 0 atom stereocenters. The van der Waals surface area contributed by atoms with Crippen molar-refractivity contribution in [2.45, 2.75) is 90.9 Å². The van der Waals surface area contributed by atoms with E-state index in [1.807, 2.05) is 6.08 Å². The van der Waals surface area contributed by atoms with E-state index in [2.05, 4.69) is 31.8 Å². The van der Waals surface area contributed by atoms with Gasteiger partial charge in [0.2, 0.25) is 0 Å². The molecule has 0 saturated heterocycles. The van der Waals surface area contributed by atoms with Gasteiger partial charge in [0.05, 0.1) is 0 Å². The first kappa shape index (κ1) is 17.3. The van der Waals surface area contributed by atoms with Crippen molar-refractivity contribution in [2.75, 3.05) is 0 Å². The molecule has 0 heteroatoms. The molecule has 0 radical (unpaired) electrons. The molecule has 18 heavy (non-hydrogen) atoms. The predicted octanol–water partition coefficient (Wildman–Crippen LogP) is 6.27. The van der Waals surface area contributed by atoms with E-state index < -0.39 is 0 Å². The van der Waals surface area contributed by atoms with Crippen LogP contribution in [0.25, 0.3) is 0 Å². The molecule has 0 spiro atoms. The predicted molar refractivity (Wildman–Crippen MR) is 83.7 cm³/mol. The Balaban J connectivity index is 3.14. The molecule has 0 saturated carbocycles. The fourth-order valence-electron chi connectivity index (χ4n) is 1.93. The van der Waals surface area contributed by atoms with Gasteiger partial charge < -0.3 is 0 Å². The molecule has 0 amide bonds. The maximum Gasteiger partial charge on any atom is 0.00921 e. The summed E-state index contributed by atoms with van der Waals surface area (Å²) in [6.07, 6.45) is 20.2. The molecule has 0 fully saturated rings. The second-order valence-corrected chi connectivity index (χ2v) is 5.09. The number of allylic oxidation sites excluding steroid dienone is 2. The van der Waals surface area contributed by atoms with Gasteiger partial charge in [0.15, 0.2) is 0 Å². The van der Waals surface area contributed by atoms with Crippen LogP contribution >= 0.6 is 0 Å². The molecule has 0 heterocycles. The minimum atomic E-state index is 1.05. The Labute approximate surface area is 115 Å². The van der Waals surface area contributed by atoms with Gasteiger partial charge in [-0.15, -0.1) is 0 Å². The van der Waals surface area contributed by atoms with Gasteiger partial charge in [0.25, 0.3) is 0 Å². The summed E-state index contributed by atoms with van der Waals surface area (Å²) < 4.78 is 0. The monoisotopic (exact) mass is 248 g/mol. The number of hydrogen-bond donors (Lipinski definition) is 0. The van der Waals surface area contributed by atoms with Gasteiger partial charge in [-0.05, 0) is 25.3 Å². The average molecular weight is 248 g/mol. The summed E-state index contributed by atoms with van der Waals surface area (Å²) in [5.41, 5.74) is 0. The lowest BCUT2D eigenvalue weighted by atomic mass is 10.1. The molecule has 0 aliphatic carbocycles. The van der Waals surface area contributed by atoms with Crippen molar-refractivity contribution < 1.29 is 0 Å². The molecule has 0 aliphatic rings. The first-order chi connectivity index (χ1) is 8.91. The van der Waals surface area contributed by atoms with E-state index in [0.29, 0.717) is 0 Å². The van der Waals surface area contributed by atoms with Crippen LogP contribution in [0.3, 0.4) is 0 Å². The summed E-state index contributed by atoms with van der Waals surface area (Å²) in [5, 5.41) is 0.